The minimum absolute atomic E-state index is 0.0668. The number of hydrogen-bond donors (Lipinski definition) is 0. The van der Waals surface area contributed by atoms with Gasteiger partial charge in [0.15, 0.2) is 4.32 Å². The van der Waals surface area contributed by atoms with Crippen LogP contribution < -0.4 is 4.90 Å². The Morgan fingerprint density at radius 3 is 2.52 bits per heavy atom. The Morgan fingerprint density at radius 1 is 1.20 bits per heavy atom. The Balaban J connectivity index is 1.68. The smallest absolute Gasteiger partial charge is 0.259 e. The molecule has 1 aliphatic rings. The van der Waals surface area contributed by atoms with E-state index < -0.39 is 0 Å². The lowest BCUT2D eigenvalue weighted by Crippen LogP contribution is -2.22. The third-order valence-electron chi connectivity index (χ3n) is 3.91. The fourth-order valence-electron chi connectivity index (χ4n) is 2.54. The van der Waals surface area contributed by atoms with Crippen molar-refractivity contribution in [1.29, 1.82) is 0 Å². The van der Waals surface area contributed by atoms with Crippen LogP contribution in [0.2, 0.25) is 0 Å². The van der Waals surface area contributed by atoms with Crippen molar-refractivity contribution in [3.8, 4) is 0 Å². The Hall–Kier alpha value is -2.18. The van der Waals surface area contributed by atoms with Crippen molar-refractivity contribution in [2.24, 2.45) is 5.10 Å². The minimum atomic E-state index is -0.0668. The average Bonchev–Trinajstić information content (AvgIpc) is 2.97. The van der Waals surface area contributed by atoms with E-state index in [1.165, 1.54) is 22.3 Å². The van der Waals surface area contributed by atoms with Gasteiger partial charge in [-0.05, 0) is 30.2 Å². The molecule has 0 atom stereocenters. The topological polar surface area (TPSA) is 35.9 Å². The molecule has 0 aromatic heterocycles. The van der Waals surface area contributed by atoms with Crippen molar-refractivity contribution >= 4 is 46.1 Å². The highest BCUT2D eigenvalue weighted by molar-refractivity contribution is 8.23. The van der Waals surface area contributed by atoms with Crippen LogP contribution in [0.5, 0.6) is 0 Å². The van der Waals surface area contributed by atoms with Crippen LogP contribution in [0, 0.1) is 0 Å². The second-order valence-corrected chi connectivity index (χ2v) is 7.21. The molecule has 1 fully saturated rings. The van der Waals surface area contributed by atoms with Gasteiger partial charge in [0.2, 0.25) is 0 Å². The van der Waals surface area contributed by atoms with E-state index in [0.29, 0.717) is 10.1 Å². The normalized spacial score (nSPS) is 14.5. The van der Waals surface area contributed by atoms with E-state index in [1.807, 2.05) is 18.2 Å². The Morgan fingerprint density at radius 2 is 1.92 bits per heavy atom. The van der Waals surface area contributed by atoms with E-state index in [9.17, 15) is 4.79 Å². The van der Waals surface area contributed by atoms with Gasteiger partial charge in [0.25, 0.3) is 5.91 Å². The molecule has 1 amide bonds. The van der Waals surface area contributed by atoms with Crippen molar-refractivity contribution in [1.82, 2.24) is 5.01 Å². The van der Waals surface area contributed by atoms with Crippen molar-refractivity contribution in [3.63, 3.8) is 0 Å². The fraction of sp³-hybridized carbons (Fsp3) is 0.211. The molecule has 2 aromatic carbocycles. The lowest BCUT2D eigenvalue weighted by Gasteiger charge is -2.23. The van der Waals surface area contributed by atoms with Crippen LogP contribution in [0.4, 0.5) is 5.69 Å². The predicted octanol–water partition coefficient (Wildman–Crippen LogP) is 3.91. The highest BCUT2D eigenvalue weighted by atomic mass is 32.2. The lowest BCUT2D eigenvalue weighted by atomic mass is 10.1. The highest BCUT2D eigenvalue weighted by Crippen LogP contribution is 2.20. The largest absolute Gasteiger partial charge is 0.367 e. The first-order valence-electron chi connectivity index (χ1n) is 8.10. The van der Waals surface area contributed by atoms with Gasteiger partial charge in [-0.15, -0.1) is 0 Å². The molecule has 6 heteroatoms. The molecule has 0 radical (unpaired) electrons. The van der Waals surface area contributed by atoms with Crippen LogP contribution in [0.3, 0.4) is 0 Å². The van der Waals surface area contributed by atoms with Crippen LogP contribution >= 0.6 is 24.0 Å². The number of carbonyl (C=O) groups excluding carboxylic acids is 1. The van der Waals surface area contributed by atoms with Crippen LogP contribution in [-0.4, -0.2) is 33.7 Å². The van der Waals surface area contributed by atoms with Gasteiger partial charge in [-0.25, -0.2) is 0 Å². The third kappa shape index (κ3) is 4.46. The summed E-state index contributed by atoms with van der Waals surface area (Å²) in [5.41, 5.74) is 3.38. The molecule has 0 aliphatic carbocycles. The maximum atomic E-state index is 11.7. The molecular formula is C19H19N3OS2. The number of nitrogens with zero attached hydrogens (tertiary/aromatic N) is 3. The Kier molecular flexibility index (Phi) is 5.83. The molecular weight excluding hydrogens is 350 g/mol. The monoisotopic (exact) mass is 369 g/mol. The third-order valence-corrected chi connectivity index (χ3v) is 5.24. The first-order chi connectivity index (χ1) is 12.2. The average molecular weight is 370 g/mol. The number of thiocarbonyl (C=S) groups is 1. The van der Waals surface area contributed by atoms with Crippen molar-refractivity contribution in [2.75, 3.05) is 17.2 Å². The first-order valence-corrected chi connectivity index (χ1v) is 9.49. The summed E-state index contributed by atoms with van der Waals surface area (Å²) < 4.78 is 0.512. The first kappa shape index (κ1) is 17.6. The number of hydrogen-bond acceptors (Lipinski definition) is 5. The van der Waals surface area contributed by atoms with E-state index >= 15 is 0 Å². The summed E-state index contributed by atoms with van der Waals surface area (Å²) in [6.45, 7) is 3.95. The van der Waals surface area contributed by atoms with E-state index in [1.54, 1.807) is 6.21 Å². The van der Waals surface area contributed by atoms with E-state index in [4.69, 9.17) is 12.2 Å². The summed E-state index contributed by atoms with van der Waals surface area (Å²) in [5.74, 6) is 0.308. The number of thioether (sulfide) groups is 1. The summed E-state index contributed by atoms with van der Waals surface area (Å²) in [6.07, 6.45) is 1.67. The fourth-order valence-corrected chi connectivity index (χ4v) is 3.51. The summed E-state index contributed by atoms with van der Waals surface area (Å²) in [5, 5.41) is 5.49. The SMILES string of the molecule is CCN(Cc1ccccc1)c1ccc(C=NN2C(=O)CSC2=S)cc1. The molecule has 1 aliphatic heterocycles. The molecule has 2 aromatic rings. The molecule has 0 N–H and O–H groups in total. The van der Waals surface area contributed by atoms with Gasteiger partial charge in [-0.1, -0.05) is 66.4 Å². The molecule has 1 heterocycles. The molecule has 0 bridgehead atoms. The molecule has 4 nitrogen and oxygen atoms in total. The summed E-state index contributed by atoms with van der Waals surface area (Å²) in [6, 6.07) is 18.6. The second-order valence-electron chi connectivity index (χ2n) is 5.60. The van der Waals surface area contributed by atoms with Crippen molar-refractivity contribution in [2.45, 2.75) is 13.5 Å². The maximum absolute atomic E-state index is 11.7. The Labute approximate surface area is 157 Å². The molecule has 0 saturated carbocycles. The van der Waals surface area contributed by atoms with Crippen LogP contribution in [-0.2, 0) is 11.3 Å². The number of rotatable bonds is 6. The minimum Gasteiger partial charge on any atom is -0.367 e. The van der Waals surface area contributed by atoms with Gasteiger partial charge < -0.3 is 4.90 Å². The lowest BCUT2D eigenvalue weighted by molar-refractivity contribution is -0.123. The van der Waals surface area contributed by atoms with Crippen LogP contribution in [0.25, 0.3) is 0 Å². The predicted molar refractivity (Wildman–Crippen MR) is 109 cm³/mol. The number of benzene rings is 2. The molecule has 3 rings (SSSR count). The van der Waals surface area contributed by atoms with E-state index in [0.717, 1.165) is 24.3 Å². The summed E-state index contributed by atoms with van der Waals surface area (Å²) in [7, 11) is 0. The molecule has 25 heavy (non-hydrogen) atoms. The van der Waals surface area contributed by atoms with Gasteiger partial charge in [-0.2, -0.15) is 10.1 Å². The van der Waals surface area contributed by atoms with Gasteiger partial charge in [0, 0.05) is 18.8 Å². The van der Waals surface area contributed by atoms with Gasteiger partial charge in [-0.3, -0.25) is 4.79 Å². The Bertz CT molecular complexity index is 759. The number of anilines is 1. The summed E-state index contributed by atoms with van der Waals surface area (Å²) >= 11 is 6.46. The molecule has 1 saturated heterocycles. The number of carbonyl (C=O) groups is 1. The molecule has 128 valence electrons. The highest BCUT2D eigenvalue weighted by Gasteiger charge is 2.25. The number of hydrazone groups is 1. The van der Waals surface area contributed by atoms with E-state index in [2.05, 4.69) is 53.3 Å². The van der Waals surface area contributed by atoms with Crippen LogP contribution in [0.15, 0.2) is 59.7 Å². The van der Waals surface area contributed by atoms with Crippen LogP contribution in [0.1, 0.15) is 18.1 Å². The van der Waals surface area contributed by atoms with Gasteiger partial charge >= 0.3 is 0 Å². The summed E-state index contributed by atoms with van der Waals surface area (Å²) in [4.78, 5) is 14.0. The quantitative estimate of drug-likeness (QED) is 0.571. The van der Waals surface area contributed by atoms with Gasteiger partial charge in [0.1, 0.15) is 0 Å². The maximum Gasteiger partial charge on any atom is 0.259 e. The van der Waals surface area contributed by atoms with Crippen molar-refractivity contribution in [3.05, 3.63) is 65.7 Å². The zero-order chi connectivity index (χ0) is 17.6. The number of amides is 1. The van der Waals surface area contributed by atoms with Gasteiger partial charge in [0.05, 0.1) is 12.0 Å². The molecule has 0 unspecified atom stereocenters. The zero-order valence-electron chi connectivity index (χ0n) is 14.0. The second kappa shape index (κ2) is 8.27. The standard InChI is InChI=1S/C19H19N3OS2/c1-2-21(13-16-6-4-3-5-7-16)17-10-8-15(9-11-17)12-20-22-18(23)14-25-19(22)24/h3-12H,2,13-14H2,1H3. The van der Waals surface area contributed by atoms with E-state index in [-0.39, 0.29) is 5.91 Å². The van der Waals surface area contributed by atoms with Crippen molar-refractivity contribution < 1.29 is 4.79 Å². The molecule has 0 spiro atoms. The zero-order valence-corrected chi connectivity index (χ0v) is 15.6.